The first-order chi connectivity index (χ1) is 16.2. The molecule has 2 aromatic rings. The van der Waals surface area contributed by atoms with Gasteiger partial charge in [0.05, 0.1) is 25.3 Å². The lowest BCUT2D eigenvalue weighted by Crippen LogP contribution is -2.44. The van der Waals surface area contributed by atoms with Gasteiger partial charge in [0.1, 0.15) is 17.6 Å². The molecule has 1 N–H and O–H groups in total. The van der Waals surface area contributed by atoms with Crippen LogP contribution in [0.3, 0.4) is 0 Å². The van der Waals surface area contributed by atoms with Crippen molar-refractivity contribution in [3.05, 3.63) is 59.1 Å². The first-order valence-electron chi connectivity index (χ1n) is 11.1. The summed E-state index contributed by atoms with van der Waals surface area (Å²) in [6.07, 6.45) is 0.193. The maximum Gasteiger partial charge on any atom is 0.264 e. The molecule has 1 saturated heterocycles. The Hall–Kier alpha value is -3.10. The summed E-state index contributed by atoms with van der Waals surface area (Å²) in [7, 11) is 0. The van der Waals surface area contributed by atoms with Gasteiger partial charge in [0.25, 0.3) is 5.91 Å². The van der Waals surface area contributed by atoms with E-state index in [4.69, 9.17) is 21.1 Å². The molecule has 3 rings (SSSR count). The van der Waals surface area contributed by atoms with Crippen LogP contribution in [0.15, 0.2) is 48.5 Å². The molecule has 0 aliphatic carbocycles. The first kappa shape index (κ1) is 25.5. The van der Waals surface area contributed by atoms with Gasteiger partial charge in [0.15, 0.2) is 0 Å². The zero-order chi connectivity index (χ0) is 24.7. The molecule has 3 amide bonds. The first-order valence-corrected chi connectivity index (χ1v) is 11.5. The zero-order valence-corrected chi connectivity index (χ0v) is 20.0. The number of hydrogen-bond donors (Lipinski definition) is 1. The number of carbonyl (C=O) groups excluding carboxylic acids is 3. The highest BCUT2D eigenvalue weighted by atomic mass is 35.5. The molecule has 1 aliphatic heterocycles. The number of phenols is 1. The highest BCUT2D eigenvalue weighted by Gasteiger charge is 2.28. The molecule has 0 aromatic heterocycles. The summed E-state index contributed by atoms with van der Waals surface area (Å²) < 4.78 is 11.9. The minimum absolute atomic E-state index is 0.0270. The van der Waals surface area contributed by atoms with Gasteiger partial charge < -0.3 is 19.5 Å². The maximum absolute atomic E-state index is 13.0. The number of likely N-dealkylation sites (tertiary alicyclic amines) is 1. The van der Waals surface area contributed by atoms with E-state index in [2.05, 4.69) is 0 Å². The number of amides is 3. The number of imide groups is 1. The van der Waals surface area contributed by atoms with Crippen LogP contribution in [0.4, 0.5) is 0 Å². The molecule has 1 aliphatic rings. The SMILES string of the molecule is CC(=O)N1CC[C@H](COC[C@H](CN(C(C)=O)C(=O)c2ccccc2O)Oc2ccc(Cl)cc2)C1. The molecule has 1 heterocycles. The van der Waals surface area contributed by atoms with Crippen molar-refractivity contribution < 1.29 is 29.0 Å². The Bertz CT molecular complexity index is 1010. The number of benzene rings is 2. The van der Waals surface area contributed by atoms with E-state index in [9.17, 15) is 19.5 Å². The number of nitrogens with zero attached hydrogens (tertiary/aromatic N) is 2. The van der Waals surface area contributed by atoms with Crippen molar-refractivity contribution in [2.45, 2.75) is 26.4 Å². The van der Waals surface area contributed by atoms with Crippen molar-refractivity contribution in [2.75, 3.05) is 32.8 Å². The quantitative estimate of drug-likeness (QED) is 0.581. The van der Waals surface area contributed by atoms with Crippen molar-refractivity contribution in [3.63, 3.8) is 0 Å². The molecular weight excluding hydrogens is 460 g/mol. The number of hydrogen-bond acceptors (Lipinski definition) is 6. The summed E-state index contributed by atoms with van der Waals surface area (Å²) in [5.41, 5.74) is 0.0270. The summed E-state index contributed by atoms with van der Waals surface area (Å²) >= 11 is 5.96. The van der Waals surface area contributed by atoms with E-state index in [1.807, 2.05) is 0 Å². The van der Waals surface area contributed by atoms with E-state index in [-0.39, 0.29) is 36.3 Å². The van der Waals surface area contributed by atoms with Gasteiger partial charge in [-0.25, -0.2) is 0 Å². The predicted molar refractivity (Wildman–Crippen MR) is 127 cm³/mol. The third kappa shape index (κ3) is 6.95. The largest absolute Gasteiger partial charge is 0.507 e. The second kappa shape index (κ2) is 11.9. The van der Waals surface area contributed by atoms with Crippen LogP contribution in [-0.2, 0) is 14.3 Å². The standard InChI is InChI=1S/C25H29ClN2O6/c1-17(29)27-12-11-19(13-27)15-33-16-22(34-21-9-7-20(26)8-10-21)14-28(18(2)30)25(32)23-5-3-4-6-24(23)31/h3-10,19,22,31H,11-16H2,1-2H3/t19-,22-/m0/s1. The van der Waals surface area contributed by atoms with Gasteiger partial charge in [-0.05, 0) is 42.8 Å². The molecule has 2 aromatic carbocycles. The van der Waals surface area contributed by atoms with E-state index in [1.54, 1.807) is 48.2 Å². The van der Waals surface area contributed by atoms with Crippen molar-refractivity contribution >= 4 is 29.3 Å². The summed E-state index contributed by atoms with van der Waals surface area (Å²) in [5, 5.41) is 10.6. The van der Waals surface area contributed by atoms with Crippen LogP contribution < -0.4 is 4.74 Å². The third-order valence-electron chi connectivity index (χ3n) is 5.65. The van der Waals surface area contributed by atoms with E-state index in [0.29, 0.717) is 30.5 Å². The summed E-state index contributed by atoms with van der Waals surface area (Å²) in [6.45, 7) is 4.67. The number of rotatable bonds is 9. The molecule has 0 unspecified atom stereocenters. The molecule has 0 bridgehead atoms. The second-order valence-electron chi connectivity index (χ2n) is 8.30. The average molecular weight is 489 g/mol. The Morgan fingerprint density at radius 2 is 1.85 bits per heavy atom. The second-order valence-corrected chi connectivity index (χ2v) is 8.74. The summed E-state index contributed by atoms with van der Waals surface area (Å²) in [6, 6.07) is 12.8. The van der Waals surface area contributed by atoms with Gasteiger partial charge >= 0.3 is 0 Å². The molecule has 0 spiro atoms. The van der Waals surface area contributed by atoms with Crippen LogP contribution in [0.2, 0.25) is 5.02 Å². The fourth-order valence-electron chi connectivity index (χ4n) is 3.81. The van der Waals surface area contributed by atoms with Gasteiger partial charge in [-0.1, -0.05) is 23.7 Å². The predicted octanol–water partition coefficient (Wildman–Crippen LogP) is 3.37. The van der Waals surface area contributed by atoms with E-state index in [1.165, 1.54) is 19.1 Å². The van der Waals surface area contributed by atoms with Crippen LogP contribution >= 0.6 is 11.6 Å². The van der Waals surface area contributed by atoms with Gasteiger partial charge in [-0.3, -0.25) is 19.3 Å². The van der Waals surface area contributed by atoms with Gasteiger partial charge in [-0.2, -0.15) is 0 Å². The number of phenolic OH excluding ortho intramolecular Hbond substituents is 1. The Morgan fingerprint density at radius 1 is 1.15 bits per heavy atom. The minimum Gasteiger partial charge on any atom is -0.507 e. The minimum atomic E-state index is -0.662. The molecule has 9 heteroatoms. The van der Waals surface area contributed by atoms with Crippen LogP contribution in [0.25, 0.3) is 0 Å². The van der Waals surface area contributed by atoms with Crippen molar-refractivity contribution in [1.82, 2.24) is 9.80 Å². The molecule has 8 nitrogen and oxygen atoms in total. The van der Waals surface area contributed by atoms with Crippen molar-refractivity contribution in [2.24, 2.45) is 5.92 Å². The van der Waals surface area contributed by atoms with E-state index < -0.39 is 17.9 Å². The highest BCUT2D eigenvalue weighted by molar-refractivity contribution is 6.30. The van der Waals surface area contributed by atoms with E-state index in [0.717, 1.165) is 11.3 Å². The Morgan fingerprint density at radius 3 is 2.47 bits per heavy atom. The monoisotopic (exact) mass is 488 g/mol. The molecule has 34 heavy (non-hydrogen) atoms. The number of carbonyl (C=O) groups is 3. The number of aromatic hydroxyl groups is 1. The Kier molecular flexibility index (Phi) is 8.90. The van der Waals surface area contributed by atoms with Gasteiger partial charge in [-0.15, -0.1) is 0 Å². The lowest BCUT2D eigenvalue weighted by Gasteiger charge is -2.27. The summed E-state index contributed by atoms with van der Waals surface area (Å²) in [4.78, 5) is 39.8. The Labute approximate surface area is 204 Å². The van der Waals surface area contributed by atoms with E-state index >= 15 is 0 Å². The van der Waals surface area contributed by atoms with Crippen molar-refractivity contribution in [1.29, 1.82) is 0 Å². The number of para-hydroxylation sites is 1. The maximum atomic E-state index is 13.0. The molecule has 0 radical (unpaired) electrons. The lowest BCUT2D eigenvalue weighted by molar-refractivity contribution is -0.128. The smallest absolute Gasteiger partial charge is 0.264 e. The number of halogens is 1. The van der Waals surface area contributed by atoms with Crippen LogP contribution in [0, 0.1) is 5.92 Å². The topological polar surface area (TPSA) is 96.4 Å². The molecule has 182 valence electrons. The summed E-state index contributed by atoms with van der Waals surface area (Å²) in [5.74, 6) is -0.534. The normalized spacial score (nSPS) is 16.2. The zero-order valence-electron chi connectivity index (χ0n) is 19.3. The number of ether oxygens (including phenoxy) is 2. The van der Waals surface area contributed by atoms with Crippen LogP contribution in [0.1, 0.15) is 30.6 Å². The molecule has 2 atom stereocenters. The van der Waals surface area contributed by atoms with Gasteiger partial charge in [0, 0.05) is 37.9 Å². The fourth-order valence-corrected chi connectivity index (χ4v) is 3.93. The molecule has 1 fully saturated rings. The van der Waals surface area contributed by atoms with Crippen LogP contribution in [-0.4, -0.2) is 71.6 Å². The fraction of sp³-hybridized carbons (Fsp3) is 0.400. The van der Waals surface area contributed by atoms with Gasteiger partial charge in [0.2, 0.25) is 11.8 Å². The Balaban J connectivity index is 1.70. The molecule has 0 saturated carbocycles. The lowest BCUT2D eigenvalue weighted by atomic mass is 10.1. The molecular formula is C25H29ClN2O6. The van der Waals surface area contributed by atoms with Crippen LogP contribution in [0.5, 0.6) is 11.5 Å². The van der Waals surface area contributed by atoms with Crippen molar-refractivity contribution in [3.8, 4) is 11.5 Å². The third-order valence-corrected chi connectivity index (χ3v) is 5.90. The average Bonchev–Trinajstić information content (AvgIpc) is 3.28. The highest BCUT2D eigenvalue weighted by Crippen LogP contribution is 2.21.